The Morgan fingerprint density at radius 1 is 0.966 bits per heavy atom. The minimum atomic E-state index is -0.627. The number of carbonyl (C=O) groups excluding carboxylic acids is 1. The predicted molar refractivity (Wildman–Crippen MR) is 113 cm³/mol. The highest BCUT2D eigenvalue weighted by atomic mass is 16.5. The second kappa shape index (κ2) is 9.54. The maximum atomic E-state index is 12.5. The van der Waals surface area contributed by atoms with Gasteiger partial charge in [0.2, 0.25) is 5.75 Å². The molecule has 158 valence electrons. The van der Waals surface area contributed by atoms with Crippen molar-refractivity contribution in [3.8, 4) is 23.0 Å². The van der Waals surface area contributed by atoms with Crippen molar-refractivity contribution in [1.82, 2.24) is 5.32 Å². The van der Waals surface area contributed by atoms with Gasteiger partial charge in [-0.05, 0) is 47.7 Å². The Bertz CT molecular complexity index is 799. The molecule has 0 saturated carbocycles. The van der Waals surface area contributed by atoms with Crippen molar-refractivity contribution in [2.75, 3.05) is 21.3 Å². The highest BCUT2D eigenvalue weighted by Crippen LogP contribution is 2.38. The summed E-state index contributed by atoms with van der Waals surface area (Å²) in [4.78, 5) is 12.5. The number of methoxy groups -OCH3 is 3. The molecule has 0 radical (unpaired) electrons. The standard InChI is InChI=1S/C23H31NO5/c1-15(29-18-10-8-17(9-11-18)23(2,3)4)22(25)24-14-16-12-19(26-5)21(28-7)20(13-16)27-6/h8-13,15H,14H2,1-7H3,(H,24,25). The monoisotopic (exact) mass is 401 g/mol. The maximum absolute atomic E-state index is 12.5. The third kappa shape index (κ3) is 5.79. The number of ether oxygens (including phenoxy) is 4. The molecule has 0 aliphatic rings. The average molecular weight is 402 g/mol. The van der Waals surface area contributed by atoms with Crippen LogP contribution in [0.3, 0.4) is 0 Å². The third-order valence-corrected chi connectivity index (χ3v) is 4.59. The van der Waals surface area contributed by atoms with Crippen molar-refractivity contribution in [3.05, 3.63) is 47.5 Å². The predicted octanol–water partition coefficient (Wildman–Crippen LogP) is 4.09. The Morgan fingerprint density at radius 2 is 1.52 bits per heavy atom. The van der Waals surface area contributed by atoms with Gasteiger partial charge in [-0.25, -0.2) is 0 Å². The molecular formula is C23H31NO5. The normalized spacial score (nSPS) is 12.1. The SMILES string of the molecule is COc1cc(CNC(=O)C(C)Oc2ccc(C(C)(C)C)cc2)cc(OC)c1OC. The van der Waals surface area contributed by atoms with Crippen LogP contribution in [0.25, 0.3) is 0 Å². The average Bonchev–Trinajstić information content (AvgIpc) is 2.70. The van der Waals surface area contributed by atoms with Gasteiger partial charge in [0.25, 0.3) is 5.91 Å². The smallest absolute Gasteiger partial charge is 0.261 e. The first-order valence-electron chi connectivity index (χ1n) is 9.53. The van der Waals surface area contributed by atoms with E-state index in [2.05, 4.69) is 26.1 Å². The molecule has 1 unspecified atom stereocenters. The zero-order valence-corrected chi connectivity index (χ0v) is 18.3. The quantitative estimate of drug-likeness (QED) is 0.722. The molecule has 1 atom stereocenters. The zero-order valence-electron chi connectivity index (χ0n) is 18.3. The van der Waals surface area contributed by atoms with Gasteiger partial charge >= 0.3 is 0 Å². The molecule has 0 aromatic heterocycles. The molecule has 6 heteroatoms. The lowest BCUT2D eigenvalue weighted by molar-refractivity contribution is -0.127. The lowest BCUT2D eigenvalue weighted by atomic mass is 9.87. The van der Waals surface area contributed by atoms with Crippen molar-refractivity contribution in [1.29, 1.82) is 0 Å². The lowest BCUT2D eigenvalue weighted by Gasteiger charge is -2.20. The molecule has 0 aliphatic heterocycles. The summed E-state index contributed by atoms with van der Waals surface area (Å²) in [7, 11) is 4.66. The largest absolute Gasteiger partial charge is 0.493 e. The van der Waals surface area contributed by atoms with Crippen LogP contribution in [0.5, 0.6) is 23.0 Å². The molecule has 6 nitrogen and oxygen atoms in total. The molecule has 0 heterocycles. The van der Waals surface area contributed by atoms with Crippen LogP contribution in [-0.4, -0.2) is 33.3 Å². The Hall–Kier alpha value is -2.89. The molecule has 2 rings (SSSR count). The minimum absolute atomic E-state index is 0.0714. The number of hydrogen-bond acceptors (Lipinski definition) is 5. The summed E-state index contributed by atoms with van der Waals surface area (Å²) in [6.45, 7) is 8.50. The Labute approximate surface area is 173 Å². The Kier molecular flexibility index (Phi) is 7.37. The van der Waals surface area contributed by atoms with E-state index in [0.717, 1.165) is 5.56 Å². The van der Waals surface area contributed by atoms with Gasteiger partial charge in [0, 0.05) is 6.54 Å². The van der Waals surface area contributed by atoms with E-state index in [1.54, 1.807) is 40.4 Å². The number of amides is 1. The second-order valence-corrected chi connectivity index (χ2v) is 7.79. The first kappa shape index (κ1) is 22.4. The van der Waals surface area contributed by atoms with Crippen LogP contribution >= 0.6 is 0 Å². The van der Waals surface area contributed by atoms with Crippen molar-refractivity contribution in [2.24, 2.45) is 0 Å². The fourth-order valence-electron chi connectivity index (χ4n) is 2.86. The highest BCUT2D eigenvalue weighted by Gasteiger charge is 2.18. The summed E-state index contributed by atoms with van der Waals surface area (Å²) in [6.07, 6.45) is -0.627. The van der Waals surface area contributed by atoms with Gasteiger partial charge < -0.3 is 24.3 Å². The van der Waals surface area contributed by atoms with E-state index < -0.39 is 6.10 Å². The molecule has 0 bridgehead atoms. The fourth-order valence-corrected chi connectivity index (χ4v) is 2.86. The number of carbonyl (C=O) groups is 1. The molecule has 1 amide bonds. The first-order chi connectivity index (χ1) is 13.7. The van der Waals surface area contributed by atoms with Crippen molar-refractivity contribution in [2.45, 2.75) is 45.8 Å². The topological polar surface area (TPSA) is 66.0 Å². The lowest BCUT2D eigenvalue weighted by Crippen LogP contribution is -2.35. The van der Waals surface area contributed by atoms with E-state index in [-0.39, 0.29) is 11.3 Å². The number of nitrogens with one attached hydrogen (secondary N) is 1. The van der Waals surface area contributed by atoms with Crippen LogP contribution in [0.2, 0.25) is 0 Å². The van der Waals surface area contributed by atoms with Gasteiger partial charge in [-0.15, -0.1) is 0 Å². The van der Waals surface area contributed by atoms with Crippen LogP contribution < -0.4 is 24.3 Å². The number of benzene rings is 2. The van der Waals surface area contributed by atoms with Crippen molar-refractivity contribution in [3.63, 3.8) is 0 Å². The summed E-state index contributed by atoms with van der Waals surface area (Å²) in [5, 5.41) is 2.88. The minimum Gasteiger partial charge on any atom is -0.493 e. The van der Waals surface area contributed by atoms with E-state index in [1.165, 1.54) is 5.56 Å². The van der Waals surface area contributed by atoms with Gasteiger partial charge in [0.05, 0.1) is 21.3 Å². The fraction of sp³-hybridized carbons (Fsp3) is 0.435. The molecule has 0 aliphatic carbocycles. The summed E-state index contributed by atoms with van der Waals surface area (Å²) in [5.74, 6) is 2.05. The van der Waals surface area contributed by atoms with Gasteiger partial charge in [0.15, 0.2) is 17.6 Å². The van der Waals surface area contributed by atoms with Crippen LogP contribution in [0.4, 0.5) is 0 Å². The highest BCUT2D eigenvalue weighted by molar-refractivity contribution is 5.80. The van der Waals surface area contributed by atoms with E-state index in [1.807, 2.05) is 24.3 Å². The van der Waals surface area contributed by atoms with E-state index in [9.17, 15) is 4.79 Å². The molecule has 29 heavy (non-hydrogen) atoms. The zero-order chi connectivity index (χ0) is 21.6. The Morgan fingerprint density at radius 3 is 1.97 bits per heavy atom. The van der Waals surface area contributed by atoms with Crippen LogP contribution in [0.15, 0.2) is 36.4 Å². The number of rotatable bonds is 8. The van der Waals surface area contributed by atoms with Crippen LogP contribution in [0.1, 0.15) is 38.8 Å². The molecule has 2 aromatic rings. The molecule has 0 fully saturated rings. The molecule has 2 aromatic carbocycles. The van der Waals surface area contributed by atoms with Gasteiger partial charge in [-0.1, -0.05) is 32.9 Å². The Balaban J connectivity index is 2.00. The molecule has 1 N–H and O–H groups in total. The molecule has 0 saturated heterocycles. The van der Waals surface area contributed by atoms with Gasteiger partial charge in [0.1, 0.15) is 5.75 Å². The van der Waals surface area contributed by atoms with E-state index >= 15 is 0 Å². The van der Waals surface area contributed by atoms with Crippen molar-refractivity contribution < 1.29 is 23.7 Å². The summed E-state index contributed by atoms with van der Waals surface area (Å²) >= 11 is 0. The first-order valence-corrected chi connectivity index (χ1v) is 9.53. The van der Waals surface area contributed by atoms with Crippen LogP contribution in [-0.2, 0) is 16.8 Å². The van der Waals surface area contributed by atoms with E-state index in [0.29, 0.717) is 29.5 Å². The third-order valence-electron chi connectivity index (χ3n) is 4.59. The molecule has 0 spiro atoms. The summed E-state index contributed by atoms with van der Waals surface area (Å²) in [5.41, 5.74) is 2.11. The molecular weight excluding hydrogens is 370 g/mol. The van der Waals surface area contributed by atoms with Gasteiger partial charge in [-0.2, -0.15) is 0 Å². The maximum Gasteiger partial charge on any atom is 0.261 e. The van der Waals surface area contributed by atoms with Crippen LogP contribution in [0, 0.1) is 0 Å². The second-order valence-electron chi connectivity index (χ2n) is 7.79. The van der Waals surface area contributed by atoms with Gasteiger partial charge in [-0.3, -0.25) is 4.79 Å². The summed E-state index contributed by atoms with van der Waals surface area (Å²) < 4.78 is 21.8. The van der Waals surface area contributed by atoms with E-state index in [4.69, 9.17) is 18.9 Å². The van der Waals surface area contributed by atoms with Crippen molar-refractivity contribution >= 4 is 5.91 Å². The number of hydrogen-bond donors (Lipinski definition) is 1. The summed E-state index contributed by atoms with van der Waals surface area (Å²) in [6, 6.07) is 11.4.